The number of ether oxygens (including phenoxy) is 2. The molecule has 3 rings (SSSR count). The minimum Gasteiger partial charge on any atom is -0.497 e. The second-order valence-electron chi connectivity index (χ2n) is 9.95. The first-order valence-electron chi connectivity index (χ1n) is 14.2. The Morgan fingerprint density at radius 2 is 1.60 bits per heavy atom. The summed E-state index contributed by atoms with van der Waals surface area (Å²) in [5.74, 6) is 0.110. The number of carbonyl (C=O) groups is 2. The molecule has 11 heteroatoms. The van der Waals surface area contributed by atoms with Crippen LogP contribution >= 0.6 is 11.8 Å². The SMILES string of the molecule is CCOc1ccccc1N(CC(=O)N(Cc1ccc(OC)cc1)[C@H](C)C(=O)N[C@@H](C)CC)S(=O)(=O)c1ccc(SC)cc1. The Bertz CT molecular complexity index is 1460. The van der Waals surface area contributed by atoms with Gasteiger partial charge in [0.2, 0.25) is 11.8 Å². The zero-order valence-electron chi connectivity index (χ0n) is 25.6. The third-order valence-corrected chi connectivity index (χ3v) is 9.56. The van der Waals surface area contributed by atoms with E-state index in [9.17, 15) is 18.0 Å². The fourth-order valence-electron chi connectivity index (χ4n) is 4.30. The molecule has 0 heterocycles. The Hall–Kier alpha value is -3.70. The molecule has 0 bridgehead atoms. The van der Waals surface area contributed by atoms with Crippen LogP contribution in [-0.2, 0) is 26.2 Å². The maximum Gasteiger partial charge on any atom is 0.264 e. The maximum absolute atomic E-state index is 14.2. The number of hydrogen-bond acceptors (Lipinski definition) is 7. The first-order chi connectivity index (χ1) is 20.5. The molecule has 232 valence electrons. The average Bonchev–Trinajstić information content (AvgIpc) is 3.02. The van der Waals surface area contributed by atoms with Crippen LogP contribution in [0.4, 0.5) is 5.69 Å². The standard InChI is InChI=1S/C32H41N3O6S2/c1-7-23(3)33-32(37)24(4)34(21-25-13-15-26(40-5)16-14-25)31(36)22-35(29-11-9-10-12-30(29)41-8-2)43(38,39)28-19-17-27(42-6)18-20-28/h9-20,23-24H,7-8,21-22H2,1-6H3,(H,33,37)/t23-,24+/m0/s1. The van der Waals surface area contributed by atoms with Crippen LogP contribution in [0.3, 0.4) is 0 Å². The van der Waals surface area contributed by atoms with Crippen LogP contribution < -0.4 is 19.1 Å². The topological polar surface area (TPSA) is 105 Å². The predicted molar refractivity (Wildman–Crippen MR) is 171 cm³/mol. The fourth-order valence-corrected chi connectivity index (χ4v) is 6.14. The van der Waals surface area contributed by atoms with Gasteiger partial charge in [-0.05, 0) is 87.5 Å². The van der Waals surface area contributed by atoms with E-state index in [1.165, 1.54) is 28.8 Å². The number of benzene rings is 3. The van der Waals surface area contributed by atoms with Gasteiger partial charge in [-0.2, -0.15) is 0 Å². The number of para-hydroxylation sites is 2. The van der Waals surface area contributed by atoms with Gasteiger partial charge >= 0.3 is 0 Å². The van der Waals surface area contributed by atoms with Crippen LogP contribution in [0.5, 0.6) is 11.5 Å². The average molecular weight is 628 g/mol. The van der Waals surface area contributed by atoms with Crippen molar-refractivity contribution < 1.29 is 27.5 Å². The molecular formula is C32H41N3O6S2. The molecule has 0 aromatic heterocycles. The minimum atomic E-state index is -4.22. The van der Waals surface area contributed by atoms with E-state index in [1.807, 2.05) is 32.2 Å². The predicted octanol–water partition coefficient (Wildman–Crippen LogP) is 5.34. The third-order valence-electron chi connectivity index (χ3n) is 7.04. The second-order valence-corrected chi connectivity index (χ2v) is 12.7. The van der Waals surface area contributed by atoms with E-state index in [4.69, 9.17) is 9.47 Å². The van der Waals surface area contributed by atoms with E-state index in [1.54, 1.807) is 69.5 Å². The molecule has 0 radical (unpaired) electrons. The molecule has 43 heavy (non-hydrogen) atoms. The minimum absolute atomic E-state index is 0.0358. The van der Waals surface area contributed by atoms with Crippen LogP contribution in [0, 0.1) is 0 Å². The largest absolute Gasteiger partial charge is 0.497 e. The number of methoxy groups -OCH3 is 1. The molecule has 0 fully saturated rings. The lowest BCUT2D eigenvalue weighted by Gasteiger charge is -2.33. The number of nitrogens with zero attached hydrogens (tertiary/aromatic N) is 2. The summed E-state index contributed by atoms with van der Waals surface area (Å²) in [7, 11) is -2.65. The molecule has 9 nitrogen and oxygen atoms in total. The summed E-state index contributed by atoms with van der Waals surface area (Å²) >= 11 is 1.50. The molecule has 3 aromatic rings. The smallest absolute Gasteiger partial charge is 0.264 e. The van der Waals surface area contributed by atoms with E-state index in [0.29, 0.717) is 18.1 Å². The number of nitrogens with one attached hydrogen (secondary N) is 1. The quantitative estimate of drug-likeness (QED) is 0.227. The van der Waals surface area contributed by atoms with Gasteiger partial charge < -0.3 is 19.7 Å². The number of thioether (sulfide) groups is 1. The van der Waals surface area contributed by atoms with Crippen molar-refractivity contribution in [1.29, 1.82) is 0 Å². The van der Waals surface area contributed by atoms with Crippen molar-refractivity contribution >= 4 is 39.3 Å². The van der Waals surface area contributed by atoms with Crippen molar-refractivity contribution in [1.82, 2.24) is 10.2 Å². The van der Waals surface area contributed by atoms with Gasteiger partial charge in [-0.25, -0.2) is 8.42 Å². The summed E-state index contributed by atoms with van der Waals surface area (Å²) in [4.78, 5) is 29.8. The van der Waals surface area contributed by atoms with Crippen molar-refractivity contribution in [2.24, 2.45) is 0 Å². The Morgan fingerprint density at radius 1 is 0.953 bits per heavy atom. The molecule has 1 N–H and O–H groups in total. The van der Waals surface area contributed by atoms with E-state index in [-0.39, 0.29) is 29.1 Å². The highest BCUT2D eigenvalue weighted by Gasteiger charge is 2.34. The van der Waals surface area contributed by atoms with Gasteiger partial charge in [-0.1, -0.05) is 31.2 Å². The molecule has 0 aliphatic heterocycles. The van der Waals surface area contributed by atoms with Gasteiger partial charge in [0.15, 0.2) is 0 Å². The number of anilines is 1. The monoisotopic (exact) mass is 627 g/mol. The molecule has 2 amide bonds. The van der Waals surface area contributed by atoms with E-state index in [2.05, 4.69) is 5.32 Å². The molecule has 3 aromatic carbocycles. The lowest BCUT2D eigenvalue weighted by molar-refractivity contribution is -0.139. The zero-order chi connectivity index (χ0) is 31.6. The third kappa shape index (κ3) is 8.67. The molecule has 0 unspecified atom stereocenters. The lowest BCUT2D eigenvalue weighted by atomic mass is 10.1. The highest BCUT2D eigenvalue weighted by Crippen LogP contribution is 2.33. The van der Waals surface area contributed by atoms with Gasteiger partial charge in [0, 0.05) is 17.5 Å². The van der Waals surface area contributed by atoms with Crippen LogP contribution in [0.2, 0.25) is 0 Å². The lowest BCUT2D eigenvalue weighted by Crippen LogP contribution is -2.52. The summed E-state index contributed by atoms with van der Waals surface area (Å²) in [6.45, 7) is 7.14. The van der Waals surface area contributed by atoms with Crippen molar-refractivity contribution in [3.8, 4) is 11.5 Å². The number of carbonyl (C=O) groups excluding carboxylic acids is 2. The van der Waals surface area contributed by atoms with Crippen LogP contribution in [0.15, 0.2) is 82.6 Å². The molecule has 2 atom stereocenters. The van der Waals surface area contributed by atoms with Gasteiger partial charge in [0.1, 0.15) is 24.1 Å². The second kappa shape index (κ2) is 15.7. The Morgan fingerprint density at radius 3 is 2.19 bits per heavy atom. The van der Waals surface area contributed by atoms with Gasteiger partial charge in [-0.15, -0.1) is 11.8 Å². The Balaban J connectivity index is 2.07. The summed E-state index contributed by atoms with van der Waals surface area (Å²) in [6.07, 6.45) is 2.63. The Kier molecular flexibility index (Phi) is 12.3. The summed E-state index contributed by atoms with van der Waals surface area (Å²) in [5, 5.41) is 2.94. The number of rotatable bonds is 15. The summed E-state index contributed by atoms with van der Waals surface area (Å²) in [5.41, 5.74) is 0.988. The molecule has 0 saturated carbocycles. The highest BCUT2D eigenvalue weighted by atomic mass is 32.2. The van der Waals surface area contributed by atoms with Crippen molar-refractivity contribution in [2.75, 3.05) is 30.8 Å². The summed E-state index contributed by atoms with van der Waals surface area (Å²) in [6, 6.07) is 19.4. The number of hydrogen-bond donors (Lipinski definition) is 1. The molecule has 0 saturated heterocycles. The maximum atomic E-state index is 14.2. The van der Waals surface area contributed by atoms with Gasteiger partial charge in [0.05, 0.1) is 24.3 Å². The normalized spacial score (nSPS) is 12.6. The highest BCUT2D eigenvalue weighted by molar-refractivity contribution is 7.98. The van der Waals surface area contributed by atoms with E-state index in [0.717, 1.165) is 21.2 Å². The van der Waals surface area contributed by atoms with Crippen molar-refractivity contribution in [2.45, 2.75) is 62.5 Å². The number of sulfonamides is 1. The molecule has 0 aliphatic carbocycles. The Labute approximate surface area is 259 Å². The summed E-state index contributed by atoms with van der Waals surface area (Å²) < 4.78 is 40.4. The first-order valence-corrected chi connectivity index (χ1v) is 16.8. The molecular weight excluding hydrogens is 587 g/mol. The van der Waals surface area contributed by atoms with Crippen LogP contribution in [0.25, 0.3) is 0 Å². The molecule has 0 aliphatic rings. The molecule has 0 spiro atoms. The van der Waals surface area contributed by atoms with Crippen LogP contribution in [0.1, 0.15) is 39.7 Å². The van der Waals surface area contributed by atoms with E-state index >= 15 is 0 Å². The van der Waals surface area contributed by atoms with Gasteiger partial charge in [-0.3, -0.25) is 13.9 Å². The van der Waals surface area contributed by atoms with Crippen molar-refractivity contribution in [3.63, 3.8) is 0 Å². The van der Waals surface area contributed by atoms with Crippen LogP contribution in [-0.4, -0.2) is 63.7 Å². The first kappa shape index (κ1) is 33.8. The van der Waals surface area contributed by atoms with Crippen molar-refractivity contribution in [3.05, 3.63) is 78.4 Å². The van der Waals surface area contributed by atoms with Gasteiger partial charge in [0.25, 0.3) is 10.0 Å². The number of amides is 2. The zero-order valence-corrected chi connectivity index (χ0v) is 27.2. The van der Waals surface area contributed by atoms with E-state index < -0.39 is 28.5 Å². The fraction of sp³-hybridized carbons (Fsp3) is 0.375.